The summed E-state index contributed by atoms with van der Waals surface area (Å²) in [6, 6.07) is 7.71. The van der Waals surface area contributed by atoms with Crippen LogP contribution in [-0.4, -0.2) is 42.6 Å². The average molecular weight is 272 g/mol. The maximum absolute atomic E-state index is 12.3. The Morgan fingerprint density at radius 3 is 3.05 bits per heavy atom. The van der Waals surface area contributed by atoms with Gasteiger partial charge in [-0.25, -0.2) is 0 Å². The maximum atomic E-state index is 12.3. The molecular weight excluding hydrogens is 252 g/mol. The fourth-order valence-electron chi connectivity index (χ4n) is 2.24. The van der Waals surface area contributed by atoms with Gasteiger partial charge in [0.05, 0.1) is 6.61 Å². The van der Waals surface area contributed by atoms with Gasteiger partial charge in [-0.2, -0.15) is 0 Å². The number of nitrogens with zero attached hydrogens (tertiary/aromatic N) is 1. The topological polar surface area (TPSA) is 45.3 Å². The number of aromatic nitrogens is 1. The van der Waals surface area contributed by atoms with Crippen LogP contribution in [0.1, 0.15) is 23.2 Å². The van der Waals surface area contributed by atoms with E-state index in [1.54, 1.807) is 4.90 Å². The van der Waals surface area contributed by atoms with Crippen LogP contribution in [-0.2, 0) is 4.74 Å². The standard InChI is InChI=1S/C16H20N2O2/c1-18(8-9-20-11-12-2-3-12)16(19)14-4-5-15-13(10-14)6-7-17-15/h4-7,10,12,17H,2-3,8-9,11H2,1H3. The van der Waals surface area contributed by atoms with Crippen LogP contribution in [0.5, 0.6) is 0 Å². The smallest absolute Gasteiger partial charge is 0.253 e. The number of fused-ring (bicyclic) bond motifs is 1. The zero-order valence-corrected chi connectivity index (χ0v) is 11.8. The van der Waals surface area contributed by atoms with Crippen molar-refractivity contribution in [3.63, 3.8) is 0 Å². The Morgan fingerprint density at radius 1 is 1.40 bits per heavy atom. The summed E-state index contributed by atoms with van der Waals surface area (Å²) < 4.78 is 5.57. The predicted molar refractivity (Wildman–Crippen MR) is 78.8 cm³/mol. The summed E-state index contributed by atoms with van der Waals surface area (Å²) in [5, 5.41) is 1.06. The summed E-state index contributed by atoms with van der Waals surface area (Å²) in [5.74, 6) is 0.815. The van der Waals surface area contributed by atoms with E-state index in [0.717, 1.165) is 29.0 Å². The highest BCUT2D eigenvalue weighted by Gasteiger charge is 2.21. The van der Waals surface area contributed by atoms with Crippen LogP contribution >= 0.6 is 0 Å². The van der Waals surface area contributed by atoms with Crippen molar-refractivity contribution < 1.29 is 9.53 Å². The molecule has 1 saturated carbocycles. The lowest BCUT2D eigenvalue weighted by molar-refractivity contribution is 0.0681. The van der Waals surface area contributed by atoms with E-state index < -0.39 is 0 Å². The van der Waals surface area contributed by atoms with E-state index in [4.69, 9.17) is 4.74 Å². The van der Waals surface area contributed by atoms with Gasteiger partial charge in [-0.05, 0) is 43.0 Å². The number of likely N-dealkylation sites (N-methyl/N-ethyl adjacent to an activating group) is 1. The summed E-state index contributed by atoms with van der Waals surface area (Å²) in [6.07, 6.45) is 4.48. The maximum Gasteiger partial charge on any atom is 0.253 e. The van der Waals surface area contributed by atoms with Gasteiger partial charge in [0.2, 0.25) is 0 Å². The first-order valence-electron chi connectivity index (χ1n) is 7.14. The van der Waals surface area contributed by atoms with Crippen LogP contribution in [0.3, 0.4) is 0 Å². The minimum atomic E-state index is 0.0446. The summed E-state index contributed by atoms with van der Waals surface area (Å²) in [7, 11) is 1.82. The minimum Gasteiger partial charge on any atom is -0.379 e. The Bertz CT molecular complexity index is 601. The van der Waals surface area contributed by atoms with Crippen LogP contribution in [0.2, 0.25) is 0 Å². The van der Waals surface area contributed by atoms with Crippen molar-refractivity contribution in [2.45, 2.75) is 12.8 Å². The molecule has 1 fully saturated rings. The minimum absolute atomic E-state index is 0.0446. The number of benzene rings is 1. The first-order chi connectivity index (χ1) is 9.74. The number of carbonyl (C=O) groups is 1. The first kappa shape index (κ1) is 13.2. The van der Waals surface area contributed by atoms with Gasteiger partial charge >= 0.3 is 0 Å². The highest BCUT2D eigenvalue weighted by molar-refractivity contribution is 5.97. The molecule has 20 heavy (non-hydrogen) atoms. The second-order valence-electron chi connectivity index (χ2n) is 5.52. The number of aromatic amines is 1. The zero-order valence-electron chi connectivity index (χ0n) is 11.8. The van der Waals surface area contributed by atoms with Crippen LogP contribution < -0.4 is 0 Å². The third-order valence-corrected chi connectivity index (χ3v) is 3.77. The number of nitrogens with one attached hydrogen (secondary N) is 1. The molecule has 0 saturated heterocycles. The number of carbonyl (C=O) groups excluding carboxylic acids is 1. The second kappa shape index (κ2) is 5.67. The fraction of sp³-hybridized carbons (Fsp3) is 0.438. The third-order valence-electron chi connectivity index (χ3n) is 3.77. The molecule has 1 aliphatic carbocycles. The third kappa shape index (κ3) is 3.02. The van der Waals surface area contributed by atoms with Gasteiger partial charge in [0, 0.05) is 42.9 Å². The van der Waals surface area contributed by atoms with Gasteiger partial charge in [-0.1, -0.05) is 0 Å². The molecule has 4 heteroatoms. The summed E-state index contributed by atoms with van der Waals surface area (Å²) in [5.41, 5.74) is 1.78. The Balaban J connectivity index is 1.55. The SMILES string of the molecule is CN(CCOCC1CC1)C(=O)c1ccc2[nH]ccc2c1. The van der Waals surface area contributed by atoms with E-state index in [-0.39, 0.29) is 5.91 Å². The quantitative estimate of drug-likeness (QED) is 0.822. The molecule has 3 rings (SSSR count). The summed E-state index contributed by atoms with van der Waals surface area (Å²) in [4.78, 5) is 17.2. The molecule has 1 heterocycles. The van der Waals surface area contributed by atoms with Gasteiger partial charge in [0.25, 0.3) is 5.91 Å². The Morgan fingerprint density at radius 2 is 2.25 bits per heavy atom. The summed E-state index contributed by atoms with van der Waals surface area (Å²) in [6.45, 7) is 2.10. The second-order valence-corrected chi connectivity index (χ2v) is 5.52. The molecule has 0 unspecified atom stereocenters. The van der Waals surface area contributed by atoms with Crippen molar-refractivity contribution in [2.24, 2.45) is 5.92 Å². The Hall–Kier alpha value is -1.81. The van der Waals surface area contributed by atoms with Crippen LogP contribution in [0.25, 0.3) is 10.9 Å². The highest BCUT2D eigenvalue weighted by Crippen LogP contribution is 2.28. The molecule has 2 aromatic rings. The number of ether oxygens (including phenoxy) is 1. The number of hydrogen-bond acceptors (Lipinski definition) is 2. The molecule has 1 aliphatic rings. The number of amides is 1. The van der Waals surface area contributed by atoms with Gasteiger partial charge < -0.3 is 14.6 Å². The van der Waals surface area contributed by atoms with E-state index in [1.807, 2.05) is 37.5 Å². The molecular formula is C16H20N2O2. The molecule has 4 nitrogen and oxygen atoms in total. The lowest BCUT2D eigenvalue weighted by Gasteiger charge is -2.17. The molecule has 0 spiro atoms. The van der Waals surface area contributed by atoms with E-state index >= 15 is 0 Å². The van der Waals surface area contributed by atoms with Crippen molar-refractivity contribution in [3.8, 4) is 0 Å². The Labute approximate surface area is 118 Å². The van der Waals surface area contributed by atoms with Crippen molar-refractivity contribution in [2.75, 3.05) is 26.8 Å². The molecule has 0 aliphatic heterocycles. The molecule has 0 bridgehead atoms. The first-order valence-corrected chi connectivity index (χ1v) is 7.14. The number of rotatable bonds is 6. The van der Waals surface area contributed by atoms with E-state index in [2.05, 4.69) is 4.98 Å². The van der Waals surface area contributed by atoms with Gasteiger partial charge in [0.15, 0.2) is 0 Å². The number of H-pyrrole nitrogens is 1. The van der Waals surface area contributed by atoms with Gasteiger partial charge in [-0.15, -0.1) is 0 Å². The monoisotopic (exact) mass is 272 g/mol. The van der Waals surface area contributed by atoms with Crippen LogP contribution in [0.15, 0.2) is 30.5 Å². The van der Waals surface area contributed by atoms with Crippen molar-refractivity contribution in [1.82, 2.24) is 9.88 Å². The van der Waals surface area contributed by atoms with Gasteiger partial charge in [0.1, 0.15) is 0 Å². The Kier molecular flexibility index (Phi) is 3.74. The highest BCUT2D eigenvalue weighted by atomic mass is 16.5. The number of hydrogen-bond donors (Lipinski definition) is 1. The normalized spacial score (nSPS) is 14.7. The lowest BCUT2D eigenvalue weighted by atomic mass is 10.1. The molecule has 1 amide bonds. The van der Waals surface area contributed by atoms with Gasteiger partial charge in [-0.3, -0.25) is 4.79 Å². The van der Waals surface area contributed by atoms with Crippen LogP contribution in [0.4, 0.5) is 0 Å². The van der Waals surface area contributed by atoms with Crippen molar-refractivity contribution >= 4 is 16.8 Å². The van der Waals surface area contributed by atoms with E-state index in [1.165, 1.54) is 12.8 Å². The summed E-state index contributed by atoms with van der Waals surface area (Å²) >= 11 is 0. The van der Waals surface area contributed by atoms with E-state index in [0.29, 0.717) is 13.2 Å². The molecule has 0 radical (unpaired) electrons. The zero-order chi connectivity index (χ0) is 13.9. The molecule has 106 valence electrons. The van der Waals surface area contributed by atoms with Crippen molar-refractivity contribution in [3.05, 3.63) is 36.0 Å². The molecule has 1 aromatic carbocycles. The van der Waals surface area contributed by atoms with Crippen LogP contribution in [0, 0.1) is 5.92 Å². The van der Waals surface area contributed by atoms with E-state index in [9.17, 15) is 4.79 Å². The average Bonchev–Trinajstić information content (AvgIpc) is 3.17. The van der Waals surface area contributed by atoms with Crippen molar-refractivity contribution in [1.29, 1.82) is 0 Å². The molecule has 1 N–H and O–H groups in total. The largest absolute Gasteiger partial charge is 0.379 e. The lowest BCUT2D eigenvalue weighted by Crippen LogP contribution is -2.30. The molecule has 1 aromatic heterocycles. The predicted octanol–water partition coefficient (Wildman–Crippen LogP) is 2.67. The molecule has 0 atom stereocenters. The fourth-order valence-corrected chi connectivity index (χ4v) is 2.24.